The molecule has 1 N–H and O–H groups in total. The van der Waals surface area contributed by atoms with Crippen molar-refractivity contribution < 1.29 is 33.3 Å². The van der Waals surface area contributed by atoms with Crippen molar-refractivity contribution in [3.05, 3.63) is 59.2 Å². The Morgan fingerprint density at radius 2 is 1.98 bits per heavy atom. The van der Waals surface area contributed by atoms with Gasteiger partial charge in [-0.25, -0.2) is 9.18 Å². The molecule has 5 rings (SSSR count). The molecule has 3 atom stereocenters. The predicted molar refractivity (Wildman–Crippen MR) is 151 cm³/mol. The van der Waals surface area contributed by atoms with Gasteiger partial charge in [0.25, 0.3) is 5.91 Å². The van der Waals surface area contributed by atoms with Crippen LogP contribution in [0.2, 0.25) is 0 Å². The maximum absolute atomic E-state index is 14.9. The van der Waals surface area contributed by atoms with E-state index in [-0.39, 0.29) is 25.6 Å². The number of unbranched alkanes of at least 4 members (excludes halogenated alkanes) is 1. The van der Waals surface area contributed by atoms with Crippen molar-refractivity contribution in [2.75, 3.05) is 52.5 Å². The highest BCUT2D eigenvalue weighted by Gasteiger charge is 2.34. The first-order valence-corrected chi connectivity index (χ1v) is 14.7. The largest absolute Gasteiger partial charge is 0.491 e. The molecule has 0 saturated carbocycles. The van der Waals surface area contributed by atoms with E-state index in [1.807, 2.05) is 13.0 Å². The Labute approximate surface area is 240 Å². The van der Waals surface area contributed by atoms with E-state index in [2.05, 4.69) is 23.1 Å². The van der Waals surface area contributed by atoms with Gasteiger partial charge in [0.15, 0.2) is 6.17 Å². The third kappa shape index (κ3) is 7.29. The summed E-state index contributed by atoms with van der Waals surface area (Å²) in [4.78, 5) is 30.7. The van der Waals surface area contributed by atoms with E-state index in [1.165, 1.54) is 16.0 Å². The molecule has 0 radical (unpaired) electrons. The number of hydrogen-bond acceptors (Lipinski definition) is 7. The van der Waals surface area contributed by atoms with Crippen LogP contribution in [0, 0.1) is 0 Å². The Morgan fingerprint density at radius 3 is 2.78 bits per heavy atom. The summed E-state index contributed by atoms with van der Waals surface area (Å²) in [5.74, 6) is 0.567. The van der Waals surface area contributed by atoms with Gasteiger partial charge in [0, 0.05) is 45.2 Å². The van der Waals surface area contributed by atoms with E-state index in [1.54, 1.807) is 23.1 Å². The number of amides is 2. The maximum atomic E-state index is 14.9. The van der Waals surface area contributed by atoms with Crippen LogP contribution in [0.5, 0.6) is 11.5 Å². The highest BCUT2D eigenvalue weighted by Crippen LogP contribution is 2.30. The molecular weight excluding hydrogens is 529 g/mol. The number of fused-ring (bicyclic) bond motifs is 2. The van der Waals surface area contributed by atoms with Crippen LogP contribution >= 0.6 is 0 Å². The molecule has 2 aromatic carbocycles. The lowest BCUT2D eigenvalue weighted by molar-refractivity contribution is 0.0161. The van der Waals surface area contributed by atoms with Crippen molar-refractivity contribution >= 4 is 12.0 Å². The lowest BCUT2D eigenvalue weighted by Crippen LogP contribution is -2.49. The van der Waals surface area contributed by atoms with Gasteiger partial charge in [-0.15, -0.1) is 0 Å². The minimum absolute atomic E-state index is 0.0865. The van der Waals surface area contributed by atoms with Gasteiger partial charge in [-0.05, 0) is 36.1 Å². The summed E-state index contributed by atoms with van der Waals surface area (Å²) in [6, 6.07) is 13.3. The van der Waals surface area contributed by atoms with Crippen LogP contribution in [0.3, 0.4) is 0 Å². The number of hydrogen-bond donors (Lipinski definition) is 1. The molecule has 3 heterocycles. The number of carbonyl (C=O) groups excluding carboxylic acids is 2. The van der Waals surface area contributed by atoms with Gasteiger partial charge >= 0.3 is 6.09 Å². The van der Waals surface area contributed by atoms with Gasteiger partial charge in [-0.3, -0.25) is 9.69 Å². The Hall–Kier alpha value is -3.37. The van der Waals surface area contributed by atoms with Crippen molar-refractivity contribution in [3.63, 3.8) is 0 Å². The molecule has 0 aliphatic carbocycles. The number of β-amino-alcohol motifs (C(OH)–C–C–N with tert-alkyl or cyclic N) is 1. The first-order chi connectivity index (χ1) is 19.9. The van der Waals surface area contributed by atoms with Gasteiger partial charge in [0.2, 0.25) is 0 Å². The van der Waals surface area contributed by atoms with Crippen LogP contribution in [-0.2, 0) is 17.7 Å². The number of ether oxygens (including phenoxy) is 3. The van der Waals surface area contributed by atoms with E-state index < -0.39 is 24.5 Å². The van der Waals surface area contributed by atoms with Gasteiger partial charge < -0.3 is 29.1 Å². The number of aliphatic hydroxyl groups is 1. The summed E-state index contributed by atoms with van der Waals surface area (Å²) in [6.45, 7) is 5.58. The number of nitrogens with zero attached hydrogens (tertiary/aromatic N) is 3. The number of likely N-dealkylation sites (tertiary alicyclic amines) is 1. The van der Waals surface area contributed by atoms with Gasteiger partial charge in [0.05, 0.1) is 31.4 Å². The molecule has 3 aliphatic rings. The van der Waals surface area contributed by atoms with Crippen LogP contribution in [0.1, 0.15) is 47.7 Å². The van der Waals surface area contributed by atoms with E-state index in [0.717, 1.165) is 32.4 Å². The number of carbonyl (C=O) groups is 2. The Morgan fingerprint density at radius 1 is 1.15 bits per heavy atom. The zero-order valence-electron chi connectivity index (χ0n) is 23.7. The fourth-order valence-electron chi connectivity index (χ4n) is 5.66. The van der Waals surface area contributed by atoms with Gasteiger partial charge in [-0.1, -0.05) is 37.6 Å². The van der Waals surface area contributed by atoms with Gasteiger partial charge in [0.1, 0.15) is 24.2 Å². The van der Waals surface area contributed by atoms with Crippen LogP contribution < -0.4 is 9.47 Å². The lowest BCUT2D eigenvalue weighted by atomic mass is 10.00. The number of piperidine rings is 1. The monoisotopic (exact) mass is 569 g/mol. The summed E-state index contributed by atoms with van der Waals surface area (Å²) in [6.07, 6.45) is -0.298. The van der Waals surface area contributed by atoms with Gasteiger partial charge in [-0.2, -0.15) is 0 Å². The molecule has 10 heteroatoms. The Balaban J connectivity index is 1.14. The van der Waals surface area contributed by atoms with Crippen molar-refractivity contribution in [1.29, 1.82) is 0 Å². The lowest BCUT2D eigenvalue weighted by Gasteiger charge is -2.34. The number of benzene rings is 2. The Bertz CT molecular complexity index is 1210. The zero-order valence-corrected chi connectivity index (χ0v) is 23.7. The second kappa shape index (κ2) is 13.5. The molecule has 0 spiro atoms. The average molecular weight is 570 g/mol. The van der Waals surface area contributed by atoms with Crippen LogP contribution in [-0.4, -0.2) is 103 Å². The molecule has 41 heavy (non-hydrogen) atoms. The predicted octanol–water partition coefficient (Wildman–Crippen LogP) is 3.67. The van der Waals surface area contributed by atoms with Crippen molar-refractivity contribution in [3.8, 4) is 11.5 Å². The fraction of sp³-hybridized carbons (Fsp3) is 0.548. The second-order valence-electron chi connectivity index (χ2n) is 11.0. The summed E-state index contributed by atoms with van der Waals surface area (Å²) < 4.78 is 31.9. The second-order valence-corrected chi connectivity index (χ2v) is 11.0. The first-order valence-electron chi connectivity index (χ1n) is 14.7. The molecule has 2 aromatic rings. The zero-order chi connectivity index (χ0) is 28.8. The highest BCUT2D eigenvalue weighted by atomic mass is 19.1. The third-order valence-corrected chi connectivity index (χ3v) is 7.95. The van der Waals surface area contributed by atoms with E-state index in [0.29, 0.717) is 49.7 Å². The quantitative estimate of drug-likeness (QED) is 0.461. The van der Waals surface area contributed by atoms with E-state index in [9.17, 15) is 19.1 Å². The number of aliphatic hydroxyl groups excluding tert-OH is 1. The summed E-state index contributed by atoms with van der Waals surface area (Å²) in [5.41, 5.74) is 3.02. The van der Waals surface area contributed by atoms with Crippen molar-refractivity contribution in [2.24, 2.45) is 0 Å². The highest BCUT2D eigenvalue weighted by molar-refractivity contribution is 5.97. The standard InChI is InChI=1S/C31H40FN3O6/c1-2-3-15-40-31(38)35-13-11-28(27(32)21-35)41-25-8-9-26-29(17-25)39-16-14-34(30(26)37)20-24(36)19-33-12-10-22-6-4-5-7-23(22)18-33/h4-9,17,24,27-28,36H,2-3,10-16,18-21H2,1H3/t24-,27?,28?/m1/s1. The summed E-state index contributed by atoms with van der Waals surface area (Å²) >= 11 is 0. The SMILES string of the molecule is CCCCOC(=O)N1CCC(Oc2ccc3c(c2)OCCN(C[C@H](O)CN2CCc4ccccc4C2)C3=O)C(F)C1. The molecule has 1 saturated heterocycles. The van der Waals surface area contributed by atoms with Crippen LogP contribution in [0.15, 0.2) is 42.5 Å². The number of halogens is 1. The molecule has 0 aromatic heterocycles. The van der Waals surface area contributed by atoms with Crippen LogP contribution in [0.4, 0.5) is 9.18 Å². The molecule has 9 nitrogen and oxygen atoms in total. The Kier molecular flexibility index (Phi) is 9.61. The molecule has 222 valence electrons. The molecule has 3 aliphatic heterocycles. The maximum Gasteiger partial charge on any atom is 0.409 e. The smallest absolute Gasteiger partial charge is 0.409 e. The molecule has 1 fully saturated rings. The summed E-state index contributed by atoms with van der Waals surface area (Å²) in [5, 5.41) is 10.9. The average Bonchev–Trinajstić information content (AvgIpc) is 3.12. The fourth-order valence-corrected chi connectivity index (χ4v) is 5.66. The molecule has 0 bridgehead atoms. The van der Waals surface area contributed by atoms with Crippen LogP contribution in [0.25, 0.3) is 0 Å². The third-order valence-electron chi connectivity index (χ3n) is 7.95. The van der Waals surface area contributed by atoms with E-state index >= 15 is 0 Å². The molecule has 2 unspecified atom stereocenters. The molecular formula is C31H40FN3O6. The van der Waals surface area contributed by atoms with Crippen molar-refractivity contribution in [1.82, 2.24) is 14.7 Å². The normalized spacial score (nSPS) is 21.8. The number of rotatable bonds is 9. The van der Waals surface area contributed by atoms with Crippen molar-refractivity contribution in [2.45, 2.75) is 57.5 Å². The number of alkyl halides is 1. The van der Waals surface area contributed by atoms with E-state index in [4.69, 9.17) is 14.2 Å². The minimum atomic E-state index is -1.37. The topological polar surface area (TPSA) is 91.8 Å². The summed E-state index contributed by atoms with van der Waals surface area (Å²) in [7, 11) is 0. The minimum Gasteiger partial charge on any atom is -0.491 e. The first kappa shape index (κ1) is 29.1. The molecule has 2 amide bonds.